The summed E-state index contributed by atoms with van der Waals surface area (Å²) in [5, 5.41) is 16.5. The summed E-state index contributed by atoms with van der Waals surface area (Å²) in [4.78, 5) is 22.7. The van der Waals surface area contributed by atoms with Crippen molar-refractivity contribution >= 4 is 21.7 Å². The number of amides is 2. The third-order valence-corrected chi connectivity index (χ3v) is 8.13. The topological polar surface area (TPSA) is 151 Å². The molecule has 0 heterocycles. The molecule has 1 aliphatic rings. The van der Waals surface area contributed by atoms with Crippen molar-refractivity contribution < 1.29 is 37.9 Å². The maximum atomic E-state index is 13.5. The van der Waals surface area contributed by atoms with Gasteiger partial charge >= 0.3 is 0 Å². The Labute approximate surface area is 194 Å². The zero-order chi connectivity index (χ0) is 24.3. The molecule has 186 valence electrons. The molecular weight excluding hydrogens is 452 g/mol. The molecule has 10 nitrogen and oxygen atoms in total. The fourth-order valence-corrected chi connectivity index (χ4v) is 5.82. The highest BCUT2D eigenvalue weighted by atomic mass is 32.2. The van der Waals surface area contributed by atoms with Crippen LogP contribution in [0.2, 0.25) is 0 Å². The van der Waals surface area contributed by atoms with Gasteiger partial charge in [0, 0.05) is 18.9 Å². The van der Waals surface area contributed by atoms with E-state index in [0.29, 0.717) is 30.8 Å². The average Bonchev–Trinajstić information content (AvgIpc) is 3.33. The Morgan fingerprint density at radius 2 is 1.67 bits per heavy atom. The molecule has 1 atom stereocenters. The molecule has 1 unspecified atom stereocenters. The quantitative estimate of drug-likeness (QED) is 0.178. The molecule has 2 amide bonds. The number of ether oxygens (including phenoxy) is 2. The van der Waals surface area contributed by atoms with Crippen molar-refractivity contribution in [1.82, 2.24) is 11.0 Å². The molecule has 1 aromatic carbocycles. The molecule has 0 bridgehead atoms. The molecule has 33 heavy (non-hydrogen) atoms. The van der Waals surface area contributed by atoms with Gasteiger partial charge in [-0.25, -0.2) is 19.4 Å². The number of hydrogen-bond donors (Lipinski definition) is 4. The van der Waals surface area contributed by atoms with Crippen LogP contribution in [-0.2, 0) is 19.4 Å². The maximum absolute atomic E-state index is 13.5. The van der Waals surface area contributed by atoms with Crippen LogP contribution in [0.15, 0.2) is 23.1 Å². The third kappa shape index (κ3) is 8.17. The number of hydrogen-bond acceptors (Lipinski definition) is 8. The summed E-state index contributed by atoms with van der Waals surface area (Å²) in [6, 6.07) is 4.53. The molecule has 1 aliphatic carbocycles. The van der Waals surface area contributed by atoms with Gasteiger partial charge in [-0.1, -0.05) is 12.8 Å². The molecule has 0 radical (unpaired) electrons. The van der Waals surface area contributed by atoms with Crippen LogP contribution in [0.3, 0.4) is 0 Å². The molecule has 1 saturated carbocycles. The highest BCUT2D eigenvalue weighted by molar-refractivity contribution is 7.92. The van der Waals surface area contributed by atoms with E-state index in [4.69, 9.17) is 19.9 Å². The lowest BCUT2D eigenvalue weighted by atomic mass is 10.1. The maximum Gasteiger partial charge on any atom is 0.243 e. The monoisotopic (exact) mass is 486 g/mol. The number of nitrogens with one attached hydrogen (secondary N) is 2. The summed E-state index contributed by atoms with van der Waals surface area (Å²) in [6.45, 7) is 0. The smallest absolute Gasteiger partial charge is 0.243 e. The highest BCUT2D eigenvalue weighted by Gasteiger charge is 2.29. The number of carbonyl (C=O) groups excluding carboxylic acids is 2. The van der Waals surface area contributed by atoms with E-state index in [-0.39, 0.29) is 36.7 Å². The van der Waals surface area contributed by atoms with Gasteiger partial charge in [0.15, 0.2) is 21.3 Å². The minimum Gasteiger partial charge on any atom is -0.493 e. The molecule has 2 rings (SSSR count). The first-order chi connectivity index (χ1) is 15.8. The van der Waals surface area contributed by atoms with Gasteiger partial charge in [0.1, 0.15) is 0 Å². The predicted molar refractivity (Wildman–Crippen MR) is 119 cm³/mol. The van der Waals surface area contributed by atoms with Crippen molar-refractivity contribution in [3.8, 4) is 11.5 Å². The van der Waals surface area contributed by atoms with Gasteiger partial charge in [-0.2, -0.15) is 0 Å². The number of methoxy groups -OCH3 is 1. The fraction of sp³-hybridized carbons (Fsp3) is 0.636. The number of carbonyl (C=O) groups is 2. The Balaban J connectivity index is 2.16. The van der Waals surface area contributed by atoms with E-state index >= 15 is 0 Å². The molecule has 0 saturated heterocycles. The van der Waals surface area contributed by atoms with Crippen LogP contribution in [0.5, 0.6) is 11.5 Å². The van der Waals surface area contributed by atoms with E-state index in [9.17, 15) is 18.0 Å². The number of sulfone groups is 1. The van der Waals surface area contributed by atoms with Crippen LogP contribution < -0.4 is 20.4 Å². The van der Waals surface area contributed by atoms with Crippen molar-refractivity contribution in [2.75, 3.05) is 7.11 Å². The minimum atomic E-state index is -3.81. The standard InChI is InChI=1S/C22H34N2O8S/c1-31-19-13-11-18(15-20(19)32-16-7-5-6-8-16)33(29,30)17(12-14-22(26)24-28)9-3-2-4-10-21(25)23-27/h11,13,15-17,27-28H,2-10,12,14H2,1H3,(H,23,25)(H,24,26). The second-order valence-electron chi connectivity index (χ2n) is 8.21. The summed E-state index contributed by atoms with van der Waals surface area (Å²) in [7, 11) is -2.31. The largest absolute Gasteiger partial charge is 0.493 e. The van der Waals surface area contributed by atoms with Crippen LogP contribution in [0.1, 0.15) is 70.6 Å². The SMILES string of the molecule is COc1ccc(S(=O)(=O)C(CCCCCC(=O)NO)CCC(=O)NO)cc1OC1CCCC1. The van der Waals surface area contributed by atoms with E-state index in [1.54, 1.807) is 11.5 Å². The molecule has 0 aromatic heterocycles. The van der Waals surface area contributed by atoms with Gasteiger partial charge in [0.05, 0.1) is 23.4 Å². The van der Waals surface area contributed by atoms with Crippen molar-refractivity contribution in [3.63, 3.8) is 0 Å². The van der Waals surface area contributed by atoms with E-state index in [2.05, 4.69) is 0 Å². The molecule has 1 fully saturated rings. The number of rotatable bonds is 14. The first-order valence-electron chi connectivity index (χ1n) is 11.3. The van der Waals surface area contributed by atoms with Crippen molar-refractivity contribution in [3.05, 3.63) is 18.2 Å². The Morgan fingerprint density at radius 3 is 2.30 bits per heavy atom. The van der Waals surface area contributed by atoms with Gasteiger partial charge in [-0.3, -0.25) is 20.0 Å². The zero-order valence-corrected chi connectivity index (χ0v) is 19.7. The van der Waals surface area contributed by atoms with Crippen LogP contribution in [0.4, 0.5) is 0 Å². The lowest BCUT2D eigenvalue weighted by Crippen LogP contribution is -2.26. The van der Waals surface area contributed by atoms with Gasteiger partial charge in [0.25, 0.3) is 0 Å². The molecule has 0 aliphatic heterocycles. The first-order valence-corrected chi connectivity index (χ1v) is 12.8. The summed E-state index contributed by atoms with van der Waals surface area (Å²) in [6.07, 6.45) is 5.91. The summed E-state index contributed by atoms with van der Waals surface area (Å²) in [5.74, 6) is -0.312. The first kappa shape index (κ1) is 26.9. The number of unbranched alkanes of at least 4 members (excludes halogenated alkanes) is 2. The van der Waals surface area contributed by atoms with Crippen LogP contribution in [-0.4, -0.2) is 49.1 Å². The molecule has 0 spiro atoms. The second kappa shape index (κ2) is 13.4. The van der Waals surface area contributed by atoms with E-state index in [1.165, 1.54) is 24.7 Å². The van der Waals surface area contributed by atoms with Crippen molar-refractivity contribution in [2.45, 2.75) is 86.9 Å². The average molecular weight is 487 g/mol. The summed E-state index contributed by atoms with van der Waals surface area (Å²) >= 11 is 0. The van der Waals surface area contributed by atoms with Crippen LogP contribution in [0, 0.1) is 0 Å². The molecule has 4 N–H and O–H groups in total. The van der Waals surface area contributed by atoms with E-state index < -0.39 is 26.9 Å². The van der Waals surface area contributed by atoms with E-state index in [1.807, 2.05) is 0 Å². The van der Waals surface area contributed by atoms with Gasteiger partial charge in [-0.15, -0.1) is 0 Å². The van der Waals surface area contributed by atoms with Gasteiger partial charge in [0.2, 0.25) is 11.8 Å². The third-order valence-electron chi connectivity index (χ3n) is 5.87. The van der Waals surface area contributed by atoms with Crippen LogP contribution >= 0.6 is 0 Å². The van der Waals surface area contributed by atoms with Crippen LogP contribution in [0.25, 0.3) is 0 Å². The molecule has 1 aromatic rings. The van der Waals surface area contributed by atoms with E-state index in [0.717, 1.165) is 25.7 Å². The Bertz CT molecular complexity index is 884. The number of hydroxylamine groups is 2. The Morgan fingerprint density at radius 1 is 1.00 bits per heavy atom. The van der Waals surface area contributed by atoms with Gasteiger partial charge in [-0.05, 0) is 57.1 Å². The normalized spacial score (nSPS) is 15.1. The zero-order valence-electron chi connectivity index (χ0n) is 18.9. The van der Waals surface area contributed by atoms with Gasteiger partial charge < -0.3 is 9.47 Å². The highest BCUT2D eigenvalue weighted by Crippen LogP contribution is 2.35. The van der Waals surface area contributed by atoms with Crippen molar-refractivity contribution in [2.24, 2.45) is 0 Å². The summed E-state index contributed by atoms with van der Waals surface area (Å²) < 4.78 is 38.3. The predicted octanol–water partition coefficient (Wildman–Crippen LogP) is 2.90. The lowest BCUT2D eigenvalue weighted by molar-refractivity contribution is -0.130. The Kier molecular flexibility index (Phi) is 10.9. The minimum absolute atomic E-state index is 0.0250. The van der Waals surface area contributed by atoms with Crippen molar-refractivity contribution in [1.29, 1.82) is 0 Å². The molecule has 11 heteroatoms. The molecular formula is C22H34N2O8S. The summed E-state index contributed by atoms with van der Waals surface area (Å²) in [5.41, 5.74) is 3.10. The fourth-order valence-electron chi connectivity index (χ4n) is 4.00. The second-order valence-corrected chi connectivity index (χ2v) is 10.4. The lowest BCUT2D eigenvalue weighted by Gasteiger charge is -2.20. The Hall–Kier alpha value is -2.37. The number of benzene rings is 1.